The largest absolute Gasteiger partial charge is 0.357 e. The first kappa shape index (κ1) is 26.5. The number of carbonyl (C=O) groups is 2. The summed E-state index contributed by atoms with van der Waals surface area (Å²) in [5.41, 5.74) is 0.846. The Morgan fingerprint density at radius 3 is 2.23 bits per heavy atom. The number of carbonyl (C=O) groups excluding carboxylic acids is 2. The summed E-state index contributed by atoms with van der Waals surface area (Å²) >= 11 is 12.5. The minimum absolute atomic E-state index is 0.00783. The van der Waals surface area contributed by atoms with Crippen LogP contribution >= 0.6 is 23.2 Å². The van der Waals surface area contributed by atoms with Gasteiger partial charge in [0, 0.05) is 18.6 Å². The molecule has 184 valence electrons. The Labute approximate surface area is 215 Å². The Morgan fingerprint density at radius 1 is 0.943 bits per heavy atom. The number of nitrogens with one attached hydrogen (secondary N) is 1. The Kier molecular flexibility index (Phi) is 8.77. The van der Waals surface area contributed by atoms with Gasteiger partial charge in [-0.05, 0) is 48.9 Å². The molecule has 1 unspecified atom stereocenters. The molecule has 35 heavy (non-hydrogen) atoms. The second-order valence-electron chi connectivity index (χ2n) is 7.72. The summed E-state index contributed by atoms with van der Waals surface area (Å²) in [6.07, 6.45) is 0. The quantitative estimate of drug-likeness (QED) is 0.442. The third-order valence-corrected chi connectivity index (χ3v) is 7.72. The average Bonchev–Trinajstić information content (AvgIpc) is 2.85. The van der Waals surface area contributed by atoms with E-state index in [0.29, 0.717) is 10.6 Å². The molecule has 0 aliphatic rings. The number of nitrogens with zero attached hydrogens (tertiary/aromatic N) is 2. The van der Waals surface area contributed by atoms with Crippen LogP contribution in [0.5, 0.6) is 0 Å². The van der Waals surface area contributed by atoms with E-state index in [-0.39, 0.29) is 22.2 Å². The van der Waals surface area contributed by atoms with Crippen LogP contribution in [0.2, 0.25) is 10.0 Å². The van der Waals surface area contributed by atoms with Crippen LogP contribution in [0.3, 0.4) is 0 Å². The zero-order valence-corrected chi connectivity index (χ0v) is 21.5. The van der Waals surface area contributed by atoms with Crippen molar-refractivity contribution < 1.29 is 18.0 Å². The highest BCUT2D eigenvalue weighted by atomic mass is 35.5. The zero-order chi connectivity index (χ0) is 25.6. The van der Waals surface area contributed by atoms with E-state index in [9.17, 15) is 18.0 Å². The molecule has 10 heteroatoms. The summed E-state index contributed by atoms with van der Waals surface area (Å²) in [7, 11) is -2.69. The van der Waals surface area contributed by atoms with E-state index in [0.717, 1.165) is 4.31 Å². The molecule has 3 aromatic carbocycles. The molecule has 0 fully saturated rings. The molecular weight excluding hydrogens is 509 g/mol. The molecule has 3 rings (SSSR count). The van der Waals surface area contributed by atoms with Crippen LogP contribution in [0.25, 0.3) is 0 Å². The number of benzene rings is 3. The predicted molar refractivity (Wildman–Crippen MR) is 138 cm³/mol. The Morgan fingerprint density at radius 2 is 1.60 bits per heavy atom. The van der Waals surface area contributed by atoms with Crippen LogP contribution in [-0.2, 0) is 26.2 Å². The maximum atomic E-state index is 13.6. The predicted octanol–water partition coefficient (Wildman–Crippen LogP) is 4.35. The lowest BCUT2D eigenvalue weighted by Crippen LogP contribution is -2.50. The van der Waals surface area contributed by atoms with Gasteiger partial charge in [-0.2, -0.15) is 0 Å². The summed E-state index contributed by atoms with van der Waals surface area (Å²) in [5, 5.41) is 3.18. The standard InChI is InChI=1S/C25H25Cl2N3O4S/c1-18(25(32)28-2)29(16-19-9-8-10-20(26)15-19)24(31)17-30(23-14-7-6-13-22(23)27)35(33,34)21-11-4-3-5-12-21/h3-15,18H,16-17H2,1-2H3,(H,28,32). The van der Waals surface area contributed by atoms with Crippen molar-refractivity contribution in [3.63, 3.8) is 0 Å². The van der Waals surface area contributed by atoms with Crippen LogP contribution in [0.4, 0.5) is 5.69 Å². The lowest BCUT2D eigenvalue weighted by atomic mass is 10.1. The van der Waals surface area contributed by atoms with Gasteiger partial charge in [0.2, 0.25) is 11.8 Å². The van der Waals surface area contributed by atoms with Gasteiger partial charge < -0.3 is 10.2 Å². The number of likely N-dealkylation sites (N-methyl/N-ethyl adjacent to an activating group) is 1. The van der Waals surface area contributed by atoms with Gasteiger partial charge in [0.05, 0.1) is 15.6 Å². The van der Waals surface area contributed by atoms with Gasteiger partial charge in [0.15, 0.2) is 0 Å². The fraction of sp³-hybridized carbons (Fsp3) is 0.200. The molecule has 0 bridgehead atoms. The van der Waals surface area contributed by atoms with Crippen molar-refractivity contribution in [1.82, 2.24) is 10.2 Å². The molecule has 2 amide bonds. The maximum absolute atomic E-state index is 13.6. The molecule has 0 heterocycles. The van der Waals surface area contributed by atoms with Crippen molar-refractivity contribution in [1.29, 1.82) is 0 Å². The molecule has 0 saturated carbocycles. The number of halogens is 2. The van der Waals surface area contributed by atoms with Gasteiger partial charge in [-0.3, -0.25) is 13.9 Å². The van der Waals surface area contributed by atoms with Gasteiger partial charge in [0.1, 0.15) is 12.6 Å². The molecule has 0 aromatic heterocycles. The van der Waals surface area contributed by atoms with Crippen molar-refractivity contribution in [3.05, 3.63) is 94.5 Å². The van der Waals surface area contributed by atoms with Crippen LogP contribution in [-0.4, -0.2) is 44.8 Å². The normalized spacial score (nSPS) is 12.0. The van der Waals surface area contributed by atoms with E-state index in [1.54, 1.807) is 67.6 Å². The third-order valence-electron chi connectivity index (χ3n) is 5.39. The first-order valence-electron chi connectivity index (χ1n) is 10.7. The van der Waals surface area contributed by atoms with E-state index in [2.05, 4.69) is 5.32 Å². The van der Waals surface area contributed by atoms with Gasteiger partial charge in [-0.1, -0.05) is 65.7 Å². The highest BCUT2D eigenvalue weighted by molar-refractivity contribution is 7.92. The van der Waals surface area contributed by atoms with E-state index in [4.69, 9.17) is 23.2 Å². The van der Waals surface area contributed by atoms with Crippen molar-refractivity contribution in [3.8, 4) is 0 Å². The van der Waals surface area contributed by atoms with Gasteiger partial charge in [-0.15, -0.1) is 0 Å². The van der Waals surface area contributed by atoms with Crippen LogP contribution < -0.4 is 9.62 Å². The lowest BCUT2D eigenvalue weighted by molar-refractivity contribution is -0.139. The number of para-hydroxylation sites is 1. The van der Waals surface area contributed by atoms with Crippen molar-refractivity contribution in [2.24, 2.45) is 0 Å². The number of anilines is 1. The molecule has 3 aromatic rings. The fourth-order valence-corrected chi connectivity index (χ4v) is 5.47. The van der Waals surface area contributed by atoms with E-state index >= 15 is 0 Å². The van der Waals surface area contributed by atoms with Gasteiger partial charge in [-0.25, -0.2) is 8.42 Å². The minimum atomic E-state index is -4.16. The topological polar surface area (TPSA) is 86.8 Å². The fourth-order valence-electron chi connectivity index (χ4n) is 3.51. The number of sulfonamides is 1. The Hall–Kier alpha value is -3.07. The highest BCUT2D eigenvalue weighted by Gasteiger charge is 2.33. The average molecular weight is 534 g/mol. The van der Waals surface area contributed by atoms with Gasteiger partial charge >= 0.3 is 0 Å². The molecule has 0 radical (unpaired) electrons. The second-order valence-corrected chi connectivity index (χ2v) is 10.4. The summed E-state index contributed by atoms with van der Waals surface area (Å²) in [4.78, 5) is 27.4. The maximum Gasteiger partial charge on any atom is 0.264 e. The SMILES string of the molecule is CNC(=O)C(C)N(Cc1cccc(Cl)c1)C(=O)CN(c1ccccc1Cl)S(=O)(=O)c1ccccc1. The molecule has 0 spiro atoms. The molecule has 0 aliphatic carbocycles. The minimum Gasteiger partial charge on any atom is -0.357 e. The zero-order valence-electron chi connectivity index (χ0n) is 19.2. The van der Waals surface area contributed by atoms with Gasteiger partial charge in [0.25, 0.3) is 10.0 Å². The Bertz CT molecular complexity index is 1300. The van der Waals surface area contributed by atoms with Crippen molar-refractivity contribution in [2.45, 2.75) is 24.4 Å². The van der Waals surface area contributed by atoms with Crippen molar-refractivity contribution in [2.75, 3.05) is 17.9 Å². The first-order chi connectivity index (χ1) is 16.6. The summed E-state index contributed by atoms with van der Waals surface area (Å²) in [5.74, 6) is -0.976. The van der Waals surface area contributed by atoms with E-state index in [1.807, 2.05) is 0 Å². The molecule has 1 atom stereocenters. The smallest absolute Gasteiger partial charge is 0.264 e. The van der Waals surface area contributed by atoms with Crippen LogP contribution in [0.1, 0.15) is 12.5 Å². The monoisotopic (exact) mass is 533 g/mol. The van der Waals surface area contributed by atoms with Crippen LogP contribution in [0, 0.1) is 0 Å². The van der Waals surface area contributed by atoms with E-state index < -0.39 is 34.4 Å². The van der Waals surface area contributed by atoms with Crippen molar-refractivity contribution >= 4 is 50.7 Å². The molecular formula is C25H25Cl2N3O4S. The Balaban J connectivity index is 2.04. The summed E-state index contributed by atoms with van der Waals surface area (Å²) in [6, 6.07) is 20.2. The second kappa shape index (κ2) is 11.6. The number of amides is 2. The number of hydrogen-bond donors (Lipinski definition) is 1. The summed E-state index contributed by atoms with van der Waals surface area (Å²) < 4.78 is 28.2. The number of rotatable bonds is 9. The molecule has 7 nitrogen and oxygen atoms in total. The highest BCUT2D eigenvalue weighted by Crippen LogP contribution is 2.30. The lowest BCUT2D eigenvalue weighted by Gasteiger charge is -2.32. The van der Waals surface area contributed by atoms with E-state index in [1.165, 1.54) is 30.1 Å². The summed E-state index contributed by atoms with van der Waals surface area (Å²) in [6.45, 7) is 1.06. The van der Waals surface area contributed by atoms with Crippen LogP contribution in [0.15, 0.2) is 83.8 Å². The number of hydrogen-bond acceptors (Lipinski definition) is 4. The first-order valence-corrected chi connectivity index (χ1v) is 12.9. The molecule has 0 saturated heterocycles. The molecule has 1 N–H and O–H groups in total. The molecule has 0 aliphatic heterocycles. The third kappa shape index (κ3) is 6.33.